The molecule has 0 aromatic heterocycles. The van der Waals surface area contributed by atoms with Crippen molar-refractivity contribution in [1.29, 1.82) is 0 Å². The maximum atomic E-state index is 2.46. The molecule has 0 heteroatoms. The fraction of sp³-hybridized carbons (Fsp3) is 0.182. The first-order chi connectivity index (χ1) is 10.8. The zero-order valence-electron chi connectivity index (χ0n) is 12.9. The molecular formula is C22H18. The molecule has 0 aliphatic heterocycles. The molecule has 0 bridgehead atoms. The van der Waals surface area contributed by atoms with E-state index in [0.29, 0.717) is 11.8 Å². The molecule has 0 saturated heterocycles. The zero-order valence-corrected chi connectivity index (χ0v) is 12.9. The van der Waals surface area contributed by atoms with Crippen LogP contribution in [0.15, 0.2) is 60.7 Å². The Morgan fingerprint density at radius 2 is 0.909 bits per heavy atom. The van der Waals surface area contributed by atoms with E-state index in [1.165, 1.54) is 44.5 Å². The van der Waals surface area contributed by atoms with Crippen molar-refractivity contribution in [2.45, 2.75) is 25.7 Å². The third kappa shape index (κ3) is 1.38. The molecule has 2 aliphatic rings. The lowest BCUT2D eigenvalue weighted by Crippen LogP contribution is -1.92. The topological polar surface area (TPSA) is 0 Å². The van der Waals surface area contributed by atoms with Crippen molar-refractivity contribution < 1.29 is 0 Å². The normalized spacial score (nSPS) is 20.3. The summed E-state index contributed by atoms with van der Waals surface area (Å²) in [7, 11) is 0. The molecule has 2 unspecified atom stereocenters. The molecule has 0 fully saturated rings. The minimum Gasteiger partial charge on any atom is -0.0619 e. The van der Waals surface area contributed by atoms with Crippen LogP contribution in [0.5, 0.6) is 0 Å². The molecule has 5 rings (SSSR count). The van der Waals surface area contributed by atoms with Crippen molar-refractivity contribution in [3.8, 4) is 22.3 Å². The van der Waals surface area contributed by atoms with Gasteiger partial charge in [0.15, 0.2) is 0 Å². The van der Waals surface area contributed by atoms with Crippen LogP contribution in [-0.4, -0.2) is 0 Å². The summed E-state index contributed by atoms with van der Waals surface area (Å²) < 4.78 is 0. The summed E-state index contributed by atoms with van der Waals surface area (Å²) in [6, 6.07) is 22.7. The van der Waals surface area contributed by atoms with E-state index in [4.69, 9.17) is 0 Å². The number of hydrogen-bond donors (Lipinski definition) is 0. The second-order valence-electron chi connectivity index (χ2n) is 6.64. The molecule has 3 aromatic carbocycles. The van der Waals surface area contributed by atoms with Gasteiger partial charge in [-0.2, -0.15) is 0 Å². The van der Waals surface area contributed by atoms with E-state index >= 15 is 0 Å². The zero-order chi connectivity index (χ0) is 14.8. The van der Waals surface area contributed by atoms with Crippen molar-refractivity contribution in [3.63, 3.8) is 0 Å². The first kappa shape index (κ1) is 12.2. The van der Waals surface area contributed by atoms with Gasteiger partial charge in [-0.15, -0.1) is 0 Å². The lowest BCUT2D eigenvalue weighted by atomic mass is 9.93. The molecule has 22 heavy (non-hydrogen) atoms. The maximum Gasteiger partial charge on any atom is 0.00735 e. The van der Waals surface area contributed by atoms with Crippen molar-refractivity contribution in [1.82, 2.24) is 0 Å². The van der Waals surface area contributed by atoms with E-state index in [1.807, 2.05) is 0 Å². The molecule has 0 saturated carbocycles. The van der Waals surface area contributed by atoms with Gasteiger partial charge in [0.2, 0.25) is 0 Å². The molecule has 106 valence electrons. The predicted octanol–water partition coefficient (Wildman–Crippen LogP) is 5.95. The summed E-state index contributed by atoms with van der Waals surface area (Å²) >= 11 is 0. The van der Waals surface area contributed by atoms with Crippen molar-refractivity contribution in [2.24, 2.45) is 0 Å². The Labute approximate surface area is 131 Å². The molecular weight excluding hydrogens is 264 g/mol. The quantitative estimate of drug-likeness (QED) is 0.478. The van der Waals surface area contributed by atoms with E-state index in [0.717, 1.165) is 0 Å². The maximum absolute atomic E-state index is 2.46. The highest BCUT2D eigenvalue weighted by atomic mass is 14.3. The second kappa shape index (κ2) is 4.10. The van der Waals surface area contributed by atoms with Gasteiger partial charge in [-0.1, -0.05) is 62.4 Å². The van der Waals surface area contributed by atoms with Crippen LogP contribution in [0, 0.1) is 0 Å². The monoisotopic (exact) mass is 282 g/mol. The van der Waals surface area contributed by atoms with Crippen LogP contribution in [0.3, 0.4) is 0 Å². The molecule has 0 spiro atoms. The van der Waals surface area contributed by atoms with Gasteiger partial charge in [0.05, 0.1) is 0 Å². The van der Waals surface area contributed by atoms with E-state index in [9.17, 15) is 0 Å². The molecule has 3 aromatic rings. The van der Waals surface area contributed by atoms with Gasteiger partial charge in [-0.3, -0.25) is 0 Å². The van der Waals surface area contributed by atoms with Crippen molar-refractivity contribution in [2.75, 3.05) is 0 Å². The number of benzene rings is 3. The van der Waals surface area contributed by atoms with E-state index in [1.54, 1.807) is 0 Å². The Hall–Kier alpha value is -2.34. The second-order valence-corrected chi connectivity index (χ2v) is 6.64. The number of fused-ring (bicyclic) bond motifs is 6. The molecule has 2 atom stereocenters. The van der Waals surface area contributed by atoms with Crippen LogP contribution in [-0.2, 0) is 0 Å². The Kier molecular flexibility index (Phi) is 2.28. The van der Waals surface area contributed by atoms with Gasteiger partial charge < -0.3 is 0 Å². The van der Waals surface area contributed by atoms with Gasteiger partial charge in [0.1, 0.15) is 0 Å². The fourth-order valence-electron chi connectivity index (χ4n) is 4.39. The molecule has 0 heterocycles. The van der Waals surface area contributed by atoms with Gasteiger partial charge in [0.25, 0.3) is 0 Å². The van der Waals surface area contributed by atoms with E-state index in [2.05, 4.69) is 74.5 Å². The smallest absolute Gasteiger partial charge is 0.00735 e. The Morgan fingerprint density at radius 1 is 0.500 bits per heavy atom. The predicted molar refractivity (Wildman–Crippen MR) is 92.3 cm³/mol. The molecule has 2 aliphatic carbocycles. The molecule has 0 N–H and O–H groups in total. The third-order valence-electron chi connectivity index (χ3n) is 5.59. The first-order valence-corrected chi connectivity index (χ1v) is 8.12. The summed E-state index contributed by atoms with van der Waals surface area (Å²) in [5.41, 5.74) is 11.7. The minimum absolute atomic E-state index is 0.500. The average Bonchev–Trinajstić information content (AvgIpc) is 3.01. The first-order valence-electron chi connectivity index (χ1n) is 8.12. The van der Waals surface area contributed by atoms with Crippen LogP contribution in [0.2, 0.25) is 0 Å². The Bertz CT molecular complexity index is 840. The molecule has 0 radical (unpaired) electrons. The summed E-state index contributed by atoms with van der Waals surface area (Å²) in [6.07, 6.45) is 0. The van der Waals surface area contributed by atoms with Gasteiger partial charge in [-0.25, -0.2) is 0 Å². The number of rotatable bonds is 0. The highest BCUT2D eigenvalue weighted by Gasteiger charge is 2.31. The summed E-state index contributed by atoms with van der Waals surface area (Å²) in [5.74, 6) is 0.999. The standard InChI is InChI=1S/C22H18/c1-13-15-7-3-5-9-17(15)21-12-20-14(2)16-8-4-6-10-18(16)22(20)11-19(13)21/h3-14H,1-2H3. The van der Waals surface area contributed by atoms with Gasteiger partial charge in [-0.05, 0) is 56.6 Å². The largest absolute Gasteiger partial charge is 0.0619 e. The van der Waals surface area contributed by atoms with E-state index < -0.39 is 0 Å². The SMILES string of the molecule is CC1c2ccccc2-c2cc3c(cc21)-c1ccccc1C3C. The van der Waals surface area contributed by atoms with Crippen LogP contribution in [0.1, 0.15) is 47.9 Å². The lowest BCUT2D eigenvalue weighted by Gasteiger charge is -2.11. The Morgan fingerprint density at radius 3 is 1.36 bits per heavy atom. The van der Waals surface area contributed by atoms with Crippen molar-refractivity contribution in [3.05, 3.63) is 82.9 Å². The summed E-state index contributed by atoms with van der Waals surface area (Å²) in [6.45, 7) is 4.67. The van der Waals surface area contributed by atoms with Gasteiger partial charge in [0, 0.05) is 11.8 Å². The highest BCUT2D eigenvalue weighted by Crippen LogP contribution is 2.51. The fourth-order valence-corrected chi connectivity index (χ4v) is 4.39. The summed E-state index contributed by atoms with van der Waals surface area (Å²) in [4.78, 5) is 0. The van der Waals surface area contributed by atoms with Crippen LogP contribution >= 0.6 is 0 Å². The molecule has 0 amide bonds. The summed E-state index contributed by atoms with van der Waals surface area (Å²) in [5, 5.41) is 0. The minimum atomic E-state index is 0.500. The Balaban J connectivity index is 1.81. The van der Waals surface area contributed by atoms with Crippen LogP contribution < -0.4 is 0 Å². The van der Waals surface area contributed by atoms with Gasteiger partial charge >= 0.3 is 0 Å². The molecule has 0 nitrogen and oxygen atoms in total. The lowest BCUT2D eigenvalue weighted by molar-refractivity contribution is 0.943. The number of hydrogen-bond acceptors (Lipinski definition) is 0. The van der Waals surface area contributed by atoms with Crippen LogP contribution in [0.25, 0.3) is 22.3 Å². The average molecular weight is 282 g/mol. The van der Waals surface area contributed by atoms with Crippen molar-refractivity contribution >= 4 is 0 Å². The van der Waals surface area contributed by atoms with E-state index in [-0.39, 0.29) is 0 Å². The van der Waals surface area contributed by atoms with Crippen LogP contribution in [0.4, 0.5) is 0 Å². The third-order valence-corrected chi connectivity index (χ3v) is 5.59. The highest BCUT2D eigenvalue weighted by molar-refractivity contribution is 5.87.